The molecule has 1 unspecified atom stereocenters. The Balaban J connectivity index is 1.52. The molecule has 3 N–H and O–H groups in total. The third kappa shape index (κ3) is 7.35. The van der Waals surface area contributed by atoms with Gasteiger partial charge < -0.3 is 20.7 Å². The van der Waals surface area contributed by atoms with Gasteiger partial charge in [0.1, 0.15) is 23.7 Å². The molecule has 168 valence electrons. The van der Waals surface area contributed by atoms with Crippen molar-refractivity contribution in [3.05, 3.63) is 78.1 Å². The van der Waals surface area contributed by atoms with Crippen LogP contribution >= 0.6 is 0 Å². The molecular weight excluding hydrogens is 402 g/mol. The molecule has 0 aliphatic heterocycles. The van der Waals surface area contributed by atoms with Crippen LogP contribution in [0.25, 0.3) is 0 Å². The van der Waals surface area contributed by atoms with Crippen molar-refractivity contribution in [1.82, 2.24) is 15.3 Å². The van der Waals surface area contributed by atoms with Gasteiger partial charge in [-0.15, -0.1) is 0 Å². The number of benzene rings is 2. The van der Waals surface area contributed by atoms with Crippen LogP contribution in [0.3, 0.4) is 0 Å². The lowest BCUT2D eigenvalue weighted by atomic mass is 10.1. The largest absolute Gasteiger partial charge is 0.497 e. The maximum Gasteiger partial charge on any atom is 0.242 e. The van der Waals surface area contributed by atoms with Crippen molar-refractivity contribution in [2.24, 2.45) is 0 Å². The SMILES string of the molecule is CCCC(NCCc1ccccc1)C(=O)Nc1cc(NCc2ccc(OC)cc2)ncn1. The van der Waals surface area contributed by atoms with Gasteiger partial charge in [-0.2, -0.15) is 0 Å². The van der Waals surface area contributed by atoms with Crippen molar-refractivity contribution in [3.63, 3.8) is 0 Å². The predicted molar refractivity (Wildman–Crippen MR) is 128 cm³/mol. The lowest BCUT2D eigenvalue weighted by Gasteiger charge is -2.18. The highest BCUT2D eigenvalue weighted by Crippen LogP contribution is 2.14. The molecule has 1 heterocycles. The standard InChI is InChI=1S/C25H31N5O2/c1-3-7-22(26-15-14-19-8-5-4-6-9-19)25(31)30-24-16-23(28-18-29-24)27-17-20-10-12-21(32-2)13-11-20/h4-6,8-13,16,18,22,26H,3,7,14-15,17H2,1-2H3,(H2,27,28,29,30,31). The smallest absolute Gasteiger partial charge is 0.242 e. The average Bonchev–Trinajstić information content (AvgIpc) is 2.83. The van der Waals surface area contributed by atoms with Crippen LogP contribution in [0.2, 0.25) is 0 Å². The molecule has 3 aromatic rings. The van der Waals surface area contributed by atoms with Crippen molar-refractivity contribution in [2.75, 3.05) is 24.3 Å². The first kappa shape index (κ1) is 23.2. The van der Waals surface area contributed by atoms with Gasteiger partial charge in [0.2, 0.25) is 5.91 Å². The second kappa shape index (κ2) is 12.4. The fourth-order valence-corrected chi connectivity index (χ4v) is 3.32. The first-order valence-electron chi connectivity index (χ1n) is 10.9. The molecule has 2 aromatic carbocycles. The molecule has 0 aliphatic carbocycles. The molecule has 0 bridgehead atoms. The topological polar surface area (TPSA) is 88.2 Å². The summed E-state index contributed by atoms with van der Waals surface area (Å²) < 4.78 is 5.18. The highest BCUT2D eigenvalue weighted by molar-refractivity contribution is 5.94. The van der Waals surface area contributed by atoms with Crippen molar-refractivity contribution in [3.8, 4) is 5.75 Å². The highest BCUT2D eigenvalue weighted by atomic mass is 16.5. The number of amides is 1. The van der Waals surface area contributed by atoms with E-state index in [9.17, 15) is 4.79 Å². The summed E-state index contributed by atoms with van der Waals surface area (Å²) in [6.45, 7) is 3.42. The fraction of sp³-hybridized carbons (Fsp3) is 0.320. The summed E-state index contributed by atoms with van der Waals surface area (Å²) in [5, 5.41) is 9.56. The van der Waals surface area contributed by atoms with Gasteiger partial charge in [0.15, 0.2) is 0 Å². The zero-order valence-electron chi connectivity index (χ0n) is 18.7. The Kier molecular flexibility index (Phi) is 9.01. The molecule has 0 spiro atoms. The minimum atomic E-state index is -0.269. The lowest BCUT2D eigenvalue weighted by molar-refractivity contribution is -0.118. The van der Waals surface area contributed by atoms with E-state index in [0.29, 0.717) is 18.2 Å². The number of nitrogens with zero attached hydrogens (tertiary/aromatic N) is 2. The number of ether oxygens (including phenoxy) is 1. The molecule has 32 heavy (non-hydrogen) atoms. The van der Waals surface area contributed by atoms with E-state index in [2.05, 4.69) is 45.0 Å². The summed E-state index contributed by atoms with van der Waals surface area (Å²) in [7, 11) is 1.65. The number of carbonyl (C=O) groups excluding carboxylic acids is 1. The van der Waals surface area contributed by atoms with Gasteiger partial charge >= 0.3 is 0 Å². The fourth-order valence-electron chi connectivity index (χ4n) is 3.32. The average molecular weight is 434 g/mol. The summed E-state index contributed by atoms with van der Waals surface area (Å²) in [6.07, 6.45) is 3.99. The molecule has 7 heteroatoms. The molecule has 0 saturated heterocycles. The van der Waals surface area contributed by atoms with E-state index in [1.54, 1.807) is 13.2 Å². The Labute approximate surface area is 189 Å². The van der Waals surface area contributed by atoms with Crippen LogP contribution in [-0.2, 0) is 17.8 Å². The van der Waals surface area contributed by atoms with Crippen LogP contribution < -0.4 is 20.7 Å². The second-order valence-electron chi connectivity index (χ2n) is 7.51. The van der Waals surface area contributed by atoms with E-state index in [4.69, 9.17) is 4.74 Å². The van der Waals surface area contributed by atoms with E-state index in [1.165, 1.54) is 11.9 Å². The van der Waals surface area contributed by atoms with Gasteiger partial charge in [0.05, 0.1) is 13.2 Å². The van der Waals surface area contributed by atoms with Gasteiger partial charge in [-0.3, -0.25) is 4.79 Å². The molecule has 0 aliphatic rings. The maximum atomic E-state index is 12.8. The third-order valence-corrected chi connectivity index (χ3v) is 5.09. The van der Waals surface area contributed by atoms with Crippen molar-refractivity contribution >= 4 is 17.5 Å². The lowest BCUT2D eigenvalue weighted by Crippen LogP contribution is -2.41. The second-order valence-corrected chi connectivity index (χ2v) is 7.51. The molecule has 1 aromatic heterocycles. The number of aromatic nitrogens is 2. The van der Waals surface area contributed by atoms with Crippen molar-refractivity contribution < 1.29 is 9.53 Å². The van der Waals surface area contributed by atoms with Crippen LogP contribution in [0.4, 0.5) is 11.6 Å². The highest BCUT2D eigenvalue weighted by Gasteiger charge is 2.17. The molecule has 0 radical (unpaired) electrons. The summed E-state index contributed by atoms with van der Waals surface area (Å²) in [5.41, 5.74) is 2.35. The van der Waals surface area contributed by atoms with Gasteiger partial charge in [0.25, 0.3) is 0 Å². The molecule has 0 fully saturated rings. The Hall–Kier alpha value is -3.45. The van der Waals surface area contributed by atoms with Crippen LogP contribution in [0, 0.1) is 0 Å². The zero-order valence-corrected chi connectivity index (χ0v) is 18.7. The van der Waals surface area contributed by atoms with E-state index >= 15 is 0 Å². The zero-order chi connectivity index (χ0) is 22.6. The number of hydrogen-bond acceptors (Lipinski definition) is 6. The molecule has 3 rings (SSSR count). The summed E-state index contributed by atoms with van der Waals surface area (Å²) in [5.74, 6) is 1.86. The molecule has 7 nitrogen and oxygen atoms in total. The van der Waals surface area contributed by atoms with Gasteiger partial charge in [-0.1, -0.05) is 55.8 Å². The van der Waals surface area contributed by atoms with Gasteiger partial charge in [0, 0.05) is 12.6 Å². The van der Waals surface area contributed by atoms with E-state index in [0.717, 1.165) is 37.1 Å². The maximum absolute atomic E-state index is 12.8. The van der Waals surface area contributed by atoms with Gasteiger partial charge in [-0.05, 0) is 42.6 Å². The minimum Gasteiger partial charge on any atom is -0.497 e. The Morgan fingerprint density at radius 2 is 1.75 bits per heavy atom. The molecule has 1 atom stereocenters. The Morgan fingerprint density at radius 3 is 2.47 bits per heavy atom. The monoisotopic (exact) mass is 433 g/mol. The first-order chi connectivity index (χ1) is 15.7. The Morgan fingerprint density at radius 1 is 1.00 bits per heavy atom. The van der Waals surface area contributed by atoms with Crippen molar-refractivity contribution in [2.45, 2.75) is 38.8 Å². The Bertz CT molecular complexity index is 964. The van der Waals surface area contributed by atoms with Gasteiger partial charge in [-0.25, -0.2) is 9.97 Å². The molecular formula is C25H31N5O2. The number of methoxy groups -OCH3 is 1. The normalized spacial score (nSPS) is 11.6. The van der Waals surface area contributed by atoms with Crippen LogP contribution in [0.1, 0.15) is 30.9 Å². The van der Waals surface area contributed by atoms with Crippen LogP contribution in [0.15, 0.2) is 67.0 Å². The number of hydrogen-bond donors (Lipinski definition) is 3. The summed E-state index contributed by atoms with van der Waals surface area (Å²) in [4.78, 5) is 21.3. The summed E-state index contributed by atoms with van der Waals surface area (Å²) in [6, 6.07) is 19.5. The van der Waals surface area contributed by atoms with E-state index < -0.39 is 0 Å². The first-order valence-corrected chi connectivity index (χ1v) is 10.9. The van der Waals surface area contributed by atoms with E-state index in [1.807, 2.05) is 42.5 Å². The number of nitrogens with one attached hydrogen (secondary N) is 3. The predicted octanol–water partition coefficient (Wildman–Crippen LogP) is 4.04. The number of carbonyl (C=O) groups is 1. The summed E-state index contributed by atoms with van der Waals surface area (Å²) >= 11 is 0. The molecule has 1 amide bonds. The van der Waals surface area contributed by atoms with Crippen LogP contribution in [0.5, 0.6) is 5.75 Å². The number of anilines is 2. The number of rotatable bonds is 12. The third-order valence-electron chi connectivity index (χ3n) is 5.09. The van der Waals surface area contributed by atoms with Crippen molar-refractivity contribution in [1.29, 1.82) is 0 Å². The minimum absolute atomic E-state index is 0.0836. The molecule has 0 saturated carbocycles. The quantitative estimate of drug-likeness (QED) is 0.400. The van der Waals surface area contributed by atoms with E-state index in [-0.39, 0.29) is 11.9 Å². The van der Waals surface area contributed by atoms with Crippen LogP contribution in [-0.4, -0.2) is 35.6 Å².